The number of aromatic nitrogens is 3. The van der Waals surface area contributed by atoms with Crippen molar-refractivity contribution in [3.05, 3.63) is 98.2 Å². The van der Waals surface area contributed by atoms with Crippen LogP contribution in [0.5, 0.6) is 0 Å². The lowest BCUT2D eigenvalue weighted by molar-refractivity contribution is -0.385. The molecule has 31 heavy (non-hydrogen) atoms. The van der Waals surface area contributed by atoms with Gasteiger partial charge >= 0.3 is 0 Å². The molecule has 2 heterocycles. The van der Waals surface area contributed by atoms with Gasteiger partial charge in [0.1, 0.15) is 5.82 Å². The zero-order valence-electron chi connectivity index (χ0n) is 16.7. The lowest BCUT2D eigenvalue weighted by atomic mass is 10.1. The van der Waals surface area contributed by atoms with Crippen LogP contribution >= 0.6 is 0 Å². The molecule has 9 nitrogen and oxygen atoms in total. The molecule has 0 unspecified atom stereocenters. The van der Waals surface area contributed by atoms with Crippen LogP contribution in [0.15, 0.2) is 65.6 Å². The number of pyridine rings is 1. The van der Waals surface area contributed by atoms with Crippen LogP contribution in [0.3, 0.4) is 0 Å². The molecule has 9 heteroatoms. The number of fused-ring (bicyclic) bond motifs is 1. The lowest BCUT2D eigenvalue weighted by Crippen LogP contribution is -2.23. The number of aryl methyl sites for hydroxylation is 1. The van der Waals surface area contributed by atoms with E-state index in [2.05, 4.69) is 15.3 Å². The Hall–Kier alpha value is -4.40. The van der Waals surface area contributed by atoms with E-state index in [1.807, 2.05) is 0 Å². The van der Waals surface area contributed by atoms with Crippen LogP contribution in [0.2, 0.25) is 0 Å². The Kier molecular flexibility index (Phi) is 5.00. The summed E-state index contributed by atoms with van der Waals surface area (Å²) in [6.45, 7) is 3.23. The number of hydrogen-bond acceptors (Lipinski definition) is 6. The Morgan fingerprint density at radius 1 is 1.10 bits per heavy atom. The van der Waals surface area contributed by atoms with Gasteiger partial charge in [0.25, 0.3) is 17.2 Å². The standard InChI is InChI=1S/C22H17N5O4/c1-13-17(8-4-10-19(13)27(30)31)21(28)25-15-6-3-7-16(12-15)26-14(2)24-20-18(22(26)29)9-5-11-23-20/h3-12H,1-2H3,(H,25,28). The Morgan fingerprint density at radius 2 is 1.87 bits per heavy atom. The van der Waals surface area contributed by atoms with Gasteiger partial charge in [0.2, 0.25) is 0 Å². The van der Waals surface area contributed by atoms with Gasteiger partial charge in [-0.2, -0.15) is 0 Å². The molecule has 0 aliphatic carbocycles. The minimum absolute atomic E-state index is 0.126. The SMILES string of the molecule is Cc1c(C(=O)Nc2cccc(-n3c(C)nc4ncccc4c3=O)c2)cccc1[N+](=O)[O-]. The van der Waals surface area contributed by atoms with Crippen molar-refractivity contribution in [1.82, 2.24) is 14.5 Å². The Morgan fingerprint density at radius 3 is 2.65 bits per heavy atom. The topological polar surface area (TPSA) is 120 Å². The van der Waals surface area contributed by atoms with Gasteiger partial charge in [-0.3, -0.25) is 24.3 Å². The number of rotatable bonds is 4. The van der Waals surface area contributed by atoms with E-state index >= 15 is 0 Å². The molecule has 0 atom stereocenters. The molecule has 0 saturated heterocycles. The average molecular weight is 415 g/mol. The van der Waals surface area contributed by atoms with Crippen LogP contribution in [-0.2, 0) is 0 Å². The van der Waals surface area contributed by atoms with Crippen LogP contribution < -0.4 is 10.9 Å². The predicted octanol–water partition coefficient (Wildman–Crippen LogP) is 3.56. The monoisotopic (exact) mass is 415 g/mol. The molecule has 0 bridgehead atoms. The molecule has 1 N–H and O–H groups in total. The van der Waals surface area contributed by atoms with Crippen molar-refractivity contribution in [3.8, 4) is 5.69 Å². The van der Waals surface area contributed by atoms with Gasteiger partial charge in [0.15, 0.2) is 5.65 Å². The Labute approximate surface area is 176 Å². The first-order valence-electron chi connectivity index (χ1n) is 9.37. The second kappa shape index (κ2) is 7.79. The number of carbonyl (C=O) groups is 1. The van der Waals surface area contributed by atoms with Crippen molar-refractivity contribution < 1.29 is 9.72 Å². The molecule has 0 aliphatic heterocycles. The molecule has 0 fully saturated rings. The number of amides is 1. The maximum absolute atomic E-state index is 13.0. The smallest absolute Gasteiger partial charge is 0.273 e. The summed E-state index contributed by atoms with van der Waals surface area (Å²) >= 11 is 0. The zero-order chi connectivity index (χ0) is 22.1. The largest absolute Gasteiger partial charge is 0.322 e. The Balaban J connectivity index is 1.72. The summed E-state index contributed by atoms with van der Waals surface area (Å²) in [5.74, 6) is -0.0301. The fraction of sp³-hybridized carbons (Fsp3) is 0.0909. The van der Waals surface area contributed by atoms with Crippen molar-refractivity contribution in [2.24, 2.45) is 0 Å². The van der Waals surface area contributed by atoms with Gasteiger partial charge in [0.05, 0.1) is 16.0 Å². The molecular formula is C22H17N5O4. The highest BCUT2D eigenvalue weighted by molar-refractivity contribution is 6.06. The second-order valence-electron chi connectivity index (χ2n) is 6.89. The van der Waals surface area contributed by atoms with Crippen LogP contribution in [0.25, 0.3) is 16.7 Å². The summed E-state index contributed by atoms with van der Waals surface area (Å²) < 4.78 is 1.44. The third-order valence-electron chi connectivity index (χ3n) is 4.92. The molecule has 2 aromatic heterocycles. The molecule has 0 aliphatic rings. The van der Waals surface area contributed by atoms with Crippen molar-refractivity contribution in [2.45, 2.75) is 13.8 Å². The van der Waals surface area contributed by atoms with E-state index in [9.17, 15) is 19.7 Å². The normalized spacial score (nSPS) is 10.8. The highest BCUT2D eigenvalue weighted by atomic mass is 16.6. The number of nitrogens with zero attached hydrogens (tertiary/aromatic N) is 4. The van der Waals surface area contributed by atoms with Gasteiger partial charge in [-0.25, -0.2) is 9.97 Å². The Bertz CT molecular complexity index is 1410. The first-order chi connectivity index (χ1) is 14.9. The minimum atomic E-state index is -0.524. The molecule has 154 valence electrons. The summed E-state index contributed by atoms with van der Waals surface area (Å²) in [6.07, 6.45) is 1.57. The van der Waals surface area contributed by atoms with Gasteiger partial charge in [-0.1, -0.05) is 12.1 Å². The van der Waals surface area contributed by atoms with E-state index in [0.29, 0.717) is 28.2 Å². The molecule has 0 spiro atoms. The number of nitro groups is 1. The fourth-order valence-corrected chi connectivity index (χ4v) is 3.42. The van der Waals surface area contributed by atoms with E-state index in [0.717, 1.165) is 0 Å². The van der Waals surface area contributed by atoms with E-state index in [1.165, 1.54) is 29.7 Å². The molecule has 4 rings (SSSR count). The molecule has 0 saturated carbocycles. The minimum Gasteiger partial charge on any atom is -0.322 e. The number of anilines is 1. The van der Waals surface area contributed by atoms with Gasteiger partial charge in [0, 0.05) is 29.1 Å². The number of hydrogen-bond donors (Lipinski definition) is 1. The summed E-state index contributed by atoms with van der Waals surface area (Å²) in [5, 5.41) is 14.3. The molecule has 2 aromatic carbocycles. The van der Waals surface area contributed by atoms with Crippen molar-refractivity contribution in [2.75, 3.05) is 5.32 Å². The number of nitrogens with one attached hydrogen (secondary N) is 1. The highest BCUT2D eigenvalue weighted by Crippen LogP contribution is 2.23. The average Bonchev–Trinajstić information content (AvgIpc) is 2.74. The lowest BCUT2D eigenvalue weighted by Gasteiger charge is -2.13. The first kappa shape index (κ1) is 19.9. The zero-order valence-corrected chi connectivity index (χ0v) is 16.7. The van der Waals surface area contributed by atoms with E-state index < -0.39 is 10.8 Å². The third kappa shape index (κ3) is 3.64. The van der Waals surface area contributed by atoms with Crippen LogP contribution in [-0.4, -0.2) is 25.4 Å². The van der Waals surface area contributed by atoms with Crippen molar-refractivity contribution in [3.63, 3.8) is 0 Å². The molecule has 0 radical (unpaired) electrons. The van der Waals surface area contributed by atoms with Crippen molar-refractivity contribution in [1.29, 1.82) is 0 Å². The summed E-state index contributed by atoms with van der Waals surface area (Å²) in [7, 11) is 0. The third-order valence-corrected chi connectivity index (χ3v) is 4.92. The maximum Gasteiger partial charge on any atom is 0.273 e. The van der Waals surface area contributed by atoms with Gasteiger partial charge < -0.3 is 5.32 Å². The summed E-state index contributed by atoms with van der Waals surface area (Å²) in [6, 6.07) is 14.4. The van der Waals surface area contributed by atoms with Gasteiger partial charge in [-0.15, -0.1) is 0 Å². The van der Waals surface area contributed by atoms with E-state index in [1.54, 1.807) is 49.5 Å². The molecule has 1 amide bonds. The predicted molar refractivity (Wildman–Crippen MR) is 116 cm³/mol. The fourth-order valence-electron chi connectivity index (χ4n) is 3.42. The quantitative estimate of drug-likeness (QED) is 0.402. The first-order valence-corrected chi connectivity index (χ1v) is 9.37. The van der Waals surface area contributed by atoms with Crippen LogP contribution in [0.1, 0.15) is 21.7 Å². The van der Waals surface area contributed by atoms with E-state index in [4.69, 9.17) is 0 Å². The number of nitro benzene ring substituents is 1. The summed E-state index contributed by atoms with van der Waals surface area (Å²) in [4.78, 5) is 44.9. The highest BCUT2D eigenvalue weighted by Gasteiger charge is 2.18. The summed E-state index contributed by atoms with van der Waals surface area (Å²) in [5.41, 5.74) is 1.41. The number of carbonyl (C=O) groups excluding carboxylic acids is 1. The van der Waals surface area contributed by atoms with Crippen LogP contribution in [0, 0.1) is 24.0 Å². The van der Waals surface area contributed by atoms with Crippen LogP contribution in [0.4, 0.5) is 11.4 Å². The van der Waals surface area contributed by atoms with E-state index in [-0.39, 0.29) is 22.4 Å². The van der Waals surface area contributed by atoms with Crippen molar-refractivity contribution >= 4 is 28.3 Å². The maximum atomic E-state index is 13.0. The second-order valence-corrected chi connectivity index (χ2v) is 6.89. The van der Waals surface area contributed by atoms with Gasteiger partial charge in [-0.05, 0) is 50.2 Å². The number of benzene rings is 2. The molecular weight excluding hydrogens is 398 g/mol. The molecule has 4 aromatic rings.